The van der Waals surface area contributed by atoms with Crippen LogP contribution in [-0.4, -0.2) is 29.6 Å². The third kappa shape index (κ3) is 4.29. The predicted octanol–water partition coefficient (Wildman–Crippen LogP) is 2.57. The van der Waals surface area contributed by atoms with Gasteiger partial charge in [-0.05, 0) is 37.3 Å². The Bertz CT molecular complexity index is 1110. The van der Waals surface area contributed by atoms with Gasteiger partial charge in [0, 0.05) is 6.54 Å². The number of aryl methyl sites for hydroxylation is 1. The normalized spacial score (nSPS) is 11.7. The average Bonchev–Trinajstić information content (AvgIpc) is 2.98. The molecule has 10 heteroatoms. The van der Waals surface area contributed by atoms with E-state index in [1.165, 1.54) is 36.0 Å². The van der Waals surface area contributed by atoms with Crippen molar-refractivity contribution >= 4 is 44.4 Å². The molecule has 0 bridgehead atoms. The summed E-state index contributed by atoms with van der Waals surface area (Å²) in [6.45, 7) is 2.50. The Morgan fingerprint density at radius 3 is 2.70 bits per heavy atom. The van der Waals surface area contributed by atoms with Crippen molar-refractivity contribution in [3.63, 3.8) is 0 Å². The quantitative estimate of drug-likeness (QED) is 0.610. The third-order valence-corrected chi connectivity index (χ3v) is 5.70. The van der Waals surface area contributed by atoms with Crippen LogP contribution in [-0.2, 0) is 21.4 Å². The van der Waals surface area contributed by atoms with Crippen LogP contribution in [0.3, 0.4) is 0 Å². The van der Waals surface area contributed by atoms with Crippen molar-refractivity contribution in [2.75, 3.05) is 11.1 Å². The van der Waals surface area contributed by atoms with Crippen LogP contribution in [0.15, 0.2) is 52.5 Å². The van der Waals surface area contributed by atoms with Crippen LogP contribution in [0.2, 0.25) is 0 Å². The first-order valence-electron chi connectivity index (χ1n) is 8.00. The summed E-state index contributed by atoms with van der Waals surface area (Å²) in [5.41, 5.74) is 1.33. The van der Waals surface area contributed by atoms with Gasteiger partial charge in [-0.15, -0.1) is 0 Å². The number of nitrogens with two attached hydrogens (primary N) is 1. The predicted molar refractivity (Wildman–Crippen MR) is 103 cm³/mol. The lowest BCUT2D eigenvalue weighted by Crippen LogP contribution is -2.15. The number of carbonyl (C=O) groups excluding carboxylic acids is 1. The maximum atomic E-state index is 13.6. The SMILES string of the molecule is CCn1c(SCC(=O)Nc2ccccc2F)nc2cc(S(N)(=O)=O)ccc21. The largest absolute Gasteiger partial charge is 0.323 e. The van der Waals surface area contributed by atoms with Crippen molar-refractivity contribution < 1.29 is 17.6 Å². The molecule has 0 fully saturated rings. The Morgan fingerprint density at radius 1 is 1.30 bits per heavy atom. The van der Waals surface area contributed by atoms with Crippen LogP contribution in [0.5, 0.6) is 0 Å². The van der Waals surface area contributed by atoms with Crippen molar-refractivity contribution in [1.29, 1.82) is 0 Å². The Labute approximate surface area is 159 Å². The number of hydrogen-bond donors (Lipinski definition) is 2. The van der Waals surface area contributed by atoms with Gasteiger partial charge in [-0.3, -0.25) is 4.79 Å². The van der Waals surface area contributed by atoms with Crippen molar-refractivity contribution in [3.05, 3.63) is 48.3 Å². The van der Waals surface area contributed by atoms with Crippen molar-refractivity contribution in [2.45, 2.75) is 23.5 Å². The molecule has 7 nitrogen and oxygen atoms in total. The minimum absolute atomic E-state index is 0.0235. The first-order valence-corrected chi connectivity index (χ1v) is 10.5. The molecule has 0 spiro atoms. The number of halogens is 1. The minimum atomic E-state index is -3.82. The molecule has 3 aromatic rings. The lowest BCUT2D eigenvalue weighted by atomic mass is 10.3. The molecule has 0 radical (unpaired) electrons. The number of thioether (sulfide) groups is 1. The number of rotatable bonds is 6. The molecule has 0 aliphatic rings. The van der Waals surface area contributed by atoms with Crippen LogP contribution in [0.25, 0.3) is 11.0 Å². The molecule has 0 saturated heterocycles. The molecule has 0 unspecified atom stereocenters. The number of amides is 1. The van der Waals surface area contributed by atoms with E-state index in [4.69, 9.17) is 5.14 Å². The smallest absolute Gasteiger partial charge is 0.238 e. The van der Waals surface area contributed by atoms with E-state index in [1.54, 1.807) is 18.2 Å². The molecule has 3 N–H and O–H groups in total. The summed E-state index contributed by atoms with van der Waals surface area (Å²) in [5, 5.41) is 8.23. The number of fused-ring (bicyclic) bond motifs is 1. The van der Waals surface area contributed by atoms with Crippen molar-refractivity contribution in [2.24, 2.45) is 5.14 Å². The molecular formula is C17H17FN4O3S2. The van der Waals surface area contributed by atoms with Crippen LogP contribution in [0.4, 0.5) is 10.1 Å². The first kappa shape index (κ1) is 19.3. The monoisotopic (exact) mass is 408 g/mol. The summed E-state index contributed by atoms with van der Waals surface area (Å²) < 4.78 is 38.5. The number of sulfonamides is 1. The van der Waals surface area contributed by atoms with E-state index in [9.17, 15) is 17.6 Å². The summed E-state index contributed by atoms with van der Waals surface area (Å²) in [6.07, 6.45) is 0. The number of para-hydroxylation sites is 1. The molecule has 0 aliphatic heterocycles. The van der Waals surface area contributed by atoms with Gasteiger partial charge in [-0.1, -0.05) is 23.9 Å². The van der Waals surface area contributed by atoms with E-state index < -0.39 is 15.8 Å². The van der Waals surface area contributed by atoms with Gasteiger partial charge in [-0.2, -0.15) is 0 Å². The molecule has 0 saturated carbocycles. The number of benzene rings is 2. The van der Waals surface area contributed by atoms with Gasteiger partial charge in [0.2, 0.25) is 15.9 Å². The summed E-state index contributed by atoms with van der Waals surface area (Å²) in [6, 6.07) is 10.4. The van der Waals surface area contributed by atoms with E-state index in [0.717, 1.165) is 5.52 Å². The second-order valence-electron chi connectivity index (χ2n) is 5.65. The van der Waals surface area contributed by atoms with E-state index in [-0.39, 0.29) is 22.2 Å². The van der Waals surface area contributed by atoms with E-state index in [2.05, 4.69) is 10.3 Å². The fourth-order valence-corrected chi connectivity index (χ4v) is 3.97. The summed E-state index contributed by atoms with van der Waals surface area (Å²) in [5.74, 6) is -0.850. The van der Waals surface area contributed by atoms with Crippen LogP contribution < -0.4 is 10.5 Å². The second kappa shape index (κ2) is 7.67. The van der Waals surface area contributed by atoms with Crippen molar-refractivity contribution in [1.82, 2.24) is 9.55 Å². The Hall–Kier alpha value is -2.43. The zero-order valence-corrected chi connectivity index (χ0v) is 16.0. The Balaban J connectivity index is 1.80. The molecule has 142 valence electrons. The van der Waals surface area contributed by atoms with Crippen LogP contribution in [0, 0.1) is 5.82 Å². The van der Waals surface area contributed by atoms with Gasteiger partial charge in [0.05, 0.1) is 27.4 Å². The van der Waals surface area contributed by atoms with Crippen LogP contribution in [0.1, 0.15) is 6.92 Å². The Kier molecular flexibility index (Phi) is 5.49. The van der Waals surface area contributed by atoms with Gasteiger partial charge >= 0.3 is 0 Å². The summed E-state index contributed by atoms with van der Waals surface area (Å²) >= 11 is 1.18. The number of anilines is 1. The fourth-order valence-electron chi connectivity index (χ4n) is 2.56. The maximum Gasteiger partial charge on any atom is 0.238 e. The highest BCUT2D eigenvalue weighted by molar-refractivity contribution is 7.99. The second-order valence-corrected chi connectivity index (χ2v) is 8.15. The lowest BCUT2D eigenvalue weighted by Gasteiger charge is -2.07. The van der Waals surface area contributed by atoms with Crippen molar-refractivity contribution in [3.8, 4) is 0 Å². The van der Waals surface area contributed by atoms with Gasteiger partial charge in [0.15, 0.2) is 5.16 Å². The lowest BCUT2D eigenvalue weighted by molar-refractivity contribution is -0.113. The molecule has 3 rings (SSSR count). The summed E-state index contributed by atoms with van der Waals surface area (Å²) in [7, 11) is -3.82. The first-order chi connectivity index (χ1) is 12.8. The van der Waals surface area contributed by atoms with E-state index in [1.807, 2.05) is 11.5 Å². The van der Waals surface area contributed by atoms with Gasteiger partial charge < -0.3 is 9.88 Å². The maximum absolute atomic E-state index is 13.6. The molecular weight excluding hydrogens is 391 g/mol. The zero-order valence-electron chi connectivity index (χ0n) is 14.3. The number of carbonyl (C=O) groups is 1. The fraction of sp³-hybridized carbons (Fsp3) is 0.176. The minimum Gasteiger partial charge on any atom is -0.323 e. The summed E-state index contributed by atoms with van der Waals surface area (Å²) in [4.78, 5) is 16.5. The van der Waals surface area contributed by atoms with E-state index >= 15 is 0 Å². The van der Waals surface area contributed by atoms with Gasteiger partial charge in [-0.25, -0.2) is 22.9 Å². The third-order valence-electron chi connectivity index (χ3n) is 3.81. The van der Waals surface area contributed by atoms with E-state index in [0.29, 0.717) is 17.2 Å². The number of primary sulfonamides is 1. The molecule has 1 amide bonds. The highest BCUT2D eigenvalue weighted by Crippen LogP contribution is 2.26. The molecule has 0 atom stereocenters. The Morgan fingerprint density at radius 2 is 2.04 bits per heavy atom. The van der Waals surface area contributed by atoms with Crippen LogP contribution >= 0.6 is 11.8 Å². The average molecular weight is 408 g/mol. The molecule has 0 aliphatic carbocycles. The topological polar surface area (TPSA) is 107 Å². The van der Waals surface area contributed by atoms with Gasteiger partial charge in [0.25, 0.3) is 0 Å². The highest BCUT2D eigenvalue weighted by atomic mass is 32.2. The molecule has 1 aromatic heterocycles. The zero-order chi connectivity index (χ0) is 19.6. The molecule has 27 heavy (non-hydrogen) atoms. The molecule has 1 heterocycles. The van der Waals surface area contributed by atoms with Gasteiger partial charge in [0.1, 0.15) is 5.82 Å². The number of nitrogens with one attached hydrogen (secondary N) is 1. The number of nitrogens with zero attached hydrogens (tertiary/aromatic N) is 2. The highest BCUT2D eigenvalue weighted by Gasteiger charge is 2.16. The standard InChI is InChI=1S/C17H17FN4O3S2/c1-2-22-15-8-7-11(27(19,24)25)9-14(15)21-17(22)26-10-16(23)20-13-6-4-3-5-12(13)18/h3-9H,2,10H2,1H3,(H,20,23)(H2,19,24,25). The molecule has 2 aromatic carbocycles. The number of imidazole rings is 1. The number of aromatic nitrogens is 2. The number of hydrogen-bond acceptors (Lipinski definition) is 5.